The minimum atomic E-state index is -0.432. The molecule has 1 atom stereocenters. The molecule has 0 spiro atoms. The topological polar surface area (TPSA) is 72.7 Å². The summed E-state index contributed by atoms with van der Waals surface area (Å²) < 4.78 is 3.13. The van der Waals surface area contributed by atoms with Crippen molar-refractivity contribution in [3.8, 4) is 0 Å². The van der Waals surface area contributed by atoms with Gasteiger partial charge >= 0.3 is 5.69 Å². The number of halogens is 1. The summed E-state index contributed by atoms with van der Waals surface area (Å²) in [6, 6.07) is 0. The highest BCUT2D eigenvalue weighted by molar-refractivity contribution is 6.20. The Bertz CT molecular complexity index is 724. The van der Waals surface area contributed by atoms with E-state index in [0.29, 0.717) is 23.5 Å². The van der Waals surface area contributed by atoms with Crippen molar-refractivity contribution >= 4 is 22.8 Å². The molecule has 0 bridgehead atoms. The zero-order valence-electron chi connectivity index (χ0n) is 11.4. The molecule has 2 heterocycles. The molecular weight excluding hydrogens is 268 g/mol. The van der Waals surface area contributed by atoms with E-state index in [-0.39, 0.29) is 11.3 Å². The lowest BCUT2D eigenvalue weighted by atomic mass is 10.2. The van der Waals surface area contributed by atoms with Gasteiger partial charge in [0.15, 0.2) is 11.2 Å². The van der Waals surface area contributed by atoms with Crippen LogP contribution in [-0.4, -0.2) is 19.1 Å². The van der Waals surface area contributed by atoms with Gasteiger partial charge in [0.2, 0.25) is 0 Å². The molecule has 0 radical (unpaired) electrons. The number of nitrogens with one attached hydrogen (secondary N) is 1. The van der Waals surface area contributed by atoms with E-state index in [4.69, 9.17) is 11.6 Å². The van der Waals surface area contributed by atoms with Crippen LogP contribution in [-0.2, 0) is 13.6 Å². The van der Waals surface area contributed by atoms with Crippen molar-refractivity contribution in [1.29, 1.82) is 0 Å². The summed E-state index contributed by atoms with van der Waals surface area (Å²) in [6.45, 7) is 6.27. The van der Waals surface area contributed by atoms with E-state index in [2.05, 4.69) is 9.97 Å². The van der Waals surface area contributed by atoms with Crippen molar-refractivity contribution in [1.82, 2.24) is 19.1 Å². The van der Waals surface area contributed by atoms with Crippen molar-refractivity contribution in [2.24, 2.45) is 13.0 Å². The van der Waals surface area contributed by atoms with Crippen LogP contribution in [0.2, 0.25) is 0 Å². The van der Waals surface area contributed by atoms with Gasteiger partial charge in [0.05, 0.1) is 5.38 Å². The number of nitrogens with zero attached hydrogens (tertiary/aromatic N) is 3. The molecular formula is C12H17ClN4O2. The second kappa shape index (κ2) is 4.85. The Hall–Kier alpha value is -1.56. The molecule has 0 saturated carbocycles. The van der Waals surface area contributed by atoms with Crippen molar-refractivity contribution in [2.45, 2.75) is 32.7 Å². The molecule has 19 heavy (non-hydrogen) atoms. The summed E-state index contributed by atoms with van der Waals surface area (Å²) in [7, 11) is 1.73. The van der Waals surface area contributed by atoms with Gasteiger partial charge in [0.1, 0.15) is 5.82 Å². The Morgan fingerprint density at radius 2 is 1.95 bits per heavy atom. The second-order valence-corrected chi connectivity index (χ2v) is 5.74. The molecule has 2 aromatic heterocycles. The van der Waals surface area contributed by atoms with Crippen LogP contribution in [0.25, 0.3) is 11.2 Å². The van der Waals surface area contributed by atoms with E-state index in [1.54, 1.807) is 18.5 Å². The van der Waals surface area contributed by atoms with Gasteiger partial charge in [-0.1, -0.05) is 13.8 Å². The van der Waals surface area contributed by atoms with Gasteiger partial charge in [-0.25, -0.2) is 9.78 Å². The number of aromatic nitrogens is 4. The molecule has 0 aliphatic carbocycles. The third-order valence-electron chi connectivity index (χ3n) is 2.95. The average molecular weight is 285 g/mol. The van der Waals surface area contributed by atoms with Crippen LogP contribution in [0.1, 0.15) is 32.0 Å². The maximum absolute atomic E-state index is 11.9. The van der Waals surface area contributed by atoms with Crippen LogP contribution >= 0.6 is 11.6 Å². The first-order valence-electron chi connectivity index (χ1n) is 6.16. The van der Waals surface area contributed by atoms with Crippen LogP contribution in [0.15, 0.2) is 9.59 Å². The highest BCUT2D eigenvalue weighted by Crippen LogP contribution is 2.21. The quantitative estimate of drug-likeness (QED) is 0.866. The lowest BCUT2D eigenvalue weighted by Gasteiger charge is -2.08. The van der Waals surface area contributed by atoms with Gasteiger partial charge in [-0.3, -0.25) is 14.3 Å². The van der Waals surface area contributed by atoms with E-state index < -0.39 is 11.2 Å². The van der Waals surface area contributed by atoms with Gasteiger partial charge in [-0.05, 0) is 12.8 Å². The van der Waals surface area contributed by atoms with E-state index in [1.807, 2.05) is 13.8 Å². The zero-order chi connectivity index (χ0) is 14.3. The summed E-state index contributed by atoms with van der Waals surface area (Å²) in [5.74, 6) is 0.843. The van der Waals surface area contributed by atoms with Crippen LogP contribution < -0.4 is 11.2 Å². The number of hydrogen-bond donors (Lipinski definition) is 1. The lowest BCUT2D eigenvalue weighted by Crippen LogP contribution is -2.32. The van der Waals surface area contributed by atoms with E-state index >= 15 is 0 Å². The third kappa shape index (κ3) is 2.32. The Labute approximate surface area is 115 Å². The summed E-state index contributed by atoms with van der Waals surface area (Å²) in [6.07, 6.45) is 0. The van der Waals surface area contributed by atoms with Crippen LogP contribution in [0, 0.1) is 5.92 Å². The van der Waals surface area contributed by atoms with E-state index in [9.17, 15) is 9.59 Å². The average Bonchev–Trinajstić information content (AvgIpc) is 2.62. The first-order chi connectivity index (χ1) is 8.82. The number of H-pyrrole nitrogens is 1. The number of aryl methyl sites for hydroxylation is 1. The zero-order valence-corrected chi connectivity index (χ0v) is 12.2. The molecule has 0 saturated heterocycles. The Morgan fingerprint density at radius 1 is 1.32 bits per heavy atom. The van der Waals surface area contributed by atoms with Crippen molar-refractivity contribution in [3.63, 3.8) is 0 Å². The predicted octanol–water partition coefficient (Wildman–Crippen LogP) is 1.38. The summed E-state index contributed by atoms with van der Waals surface area (Å²) >= 11 is 6.05. The molecule has 6 nitrogen and oxygen atoms in total. The van der Waals surface area contributed by atoms with Gasteiger partial charge < -0.3 is 4.57 Å². The Morgan fingerprint density at radius 3 is 2.47 bits per heavy atom. The summed E-state index contributed by atoms with van der Waals surface area (Å²) in [4.78, 5) is 30.5. The molecule has 7 heteroatoms. The van der Waals surface area contributed by atoms with E-state index in [0.717, 1.165) is 0 Å². The maximum atomic E-state index is 11.9. The summed E-state index contributed by atoms with van der Waals surface area (Å²) in [5, 5.41) is -0.334. The fourth-order valence-corrected chi connectivity index (χ4v) is 2.35. The molecule has 104 valence electrons. The highest BCUT2D eigenvalue weighted by Gasteiger charge is 2.19. The van der Waals surface area contributed by atoms with Gasteiger partial charge in [0.25, 0.3) is 5.56 Å². The molecule has 0 aromatic carbocycles. The number of fused-ring (bicyclic) bond motifs is 1. The largest absolute Gasteiger partial charge is 0.330 e. The second-order valence-electron chi connectivity index (χ2n) is 5.08. The fourth-order valence-electron chi connectivity index (χ4n) is 2.15. The van der Waals surface area contributed by atoms with Crippen LogP contribution in [0.3, 0.4) is 0 Å². The standard InChI is InChI=1S/C12H17ClN4O2/c1-6(2)5-17-10-8(11(18)15-12(17)19)16(4)9(14-10)7(3)13/h6-7H,5H2,1-4H3,(H,15,18,19)/t7-/m0/s1. The SMILES string of the molecule is CC(C)Cn1c(=O)[nH]c(=O)c2c1nc([C@H](C)Cl)n2C. The number of rotatable bonds is 3. The van der Waals surface area contributed by atoms with Gasteiger partial charge in [-0.2, -0.15) is 0 Å². The van der Waals surface area contributed by atoms with Crippen molar-refractivity contribution in [2.75, 3.05) is 0 Å². The maximum Gasteiger partial charge on any atom is 0.330 e. The first-order valence-corrected chi connectivity index (χ1v) is 6.60. The van der Waals surface area contributed by atoms with Crippen LogP contribution in [0.4, 0.5) is 0 Å². The number of imidazole rings is 1. The molecule has 0 unspecified atom stereocenters. The number of aromatic amines is 1. The minimum Gasteiger partial charge on any atom is -0.324 e. The van der Waals surface area contributed by atoms with Crippen molar-refractivity contribution in [3.05, 3.63) is 26.7 Å². The predicted molar refractivity (Wildman–Crippen MR) is 74.7 cm³/mol. The lowest BCUT2D eigenvalue weighted by molar-refractivity contribution is 0.513. The first kappa shape index (κ1) is 13.9. The van der Waals surface area contributed by atoms with Gasteiger partial charge in [0, 0.05) is 13.6 Å². The Balaban J connectivity index is 2.87. The highest BCUT2D eigenvalue weighted by atomic mass is 35.5. The summed E-state index contributed by atoms with van der Waals surface area (Å²) in [5.41, 5.74) is -0.0909. The molecule has 1 N–H and O–H groups in total. The van der Waals surface area contributed by atoms with Crippen LogP contribution in [0.5, 0.6) is 0 Å². The molecule has 2 aromatic rings. The molecule has 0 aliphatic rings. The van der Waals surface area contributed by atoms with Crippen molar-refractivity contribution < 1.29 is 0 Å². The number of alkyl halides is 1. The third-order valence-corrected chi connectivity index (χ3v) is 3.15. The van der Waals surface area contributed by atoms with E-state index in [1.165, 1.54) is 4.57 Å². The smallest absolute Gasteiger partial charge is 0.324 e. The molecule has 0 fully saturated rings. The fraction of sp³-hybridized carbons (Fsp3) is 0.583. The minimum absolute atomic E-state index is 0.269. The molecule has 2 rings (SSSR count). The number of hydrogen-bond acceptors (Lipinski definition) is 3. The normalized spacial score (nSPS) is 13.4. The van der Waals surface area contributed by atoms with Gasteiger partial charge in [-0.15, -0.1) is 11.6 Å². The Kier molecular flexibility index (Phi) is 3.54. The molecule has 0 aliphatic heterocycles. The molecule has 0 amide bonds. The monoisotopic (exact) mass is 284 g/mol.